The van der Waals surface area contributed by atoms with Crippen LogP contribution >= 0.6 is 0 Å². The van der Waals surface area contributed by atoms with E-state index in [1.54, 1.807) is 0 Å². The summed E-state index contributed by atoms with van der Waals surface area (Å²) in [6.45, 7) is 9.22. The topological polar surface area (TPSA) is 24.1 Å². The molecule has 0 bridgehead atoms. The summed E-state index contributed by atoms with van der Waals surface area (Å²) in [5.74, 6) is 0. The first-order chi connectivity index (χ1) is 7.83. The number of nitrogens with one attached hydrogen (secondary N) is 2. The predicted octanol–water partition coefficient (Wildman–Crippen LogP) is 2.55. The average molecular weight is 224 g/mol. The molecule has 0 atom stereocenters. The molecular weight excluding hydrogens is 196 g/mol. The van der Waals surface area contributed by atoms with Crippen molar-refractivity contribution in [1.29, 1.82) is 0 Å². The van der Waals surface area contributed by atoms with E-state index in [1.807, 2.05) is 13.8 Å². The molecule has 16 heavy (non-hydrogen) atoms. The minimum absolute atomic E-state index is 0.833. The first kappa shape index (κ1) is 12.4. The maximum absolute atomic E-state index is 3.38. The van der Waals surface area contributed by atoms with E-state index in [0.717, 1.165) is 10.8 Å². The molecule has 2 N–H and O–H groups in total. The monoisotopic (exact) mass is 224 g/mol. The van der Waals surface area contributed by atoms with Crippen LogP contribution in [-0.2, 0) is 0 Å². The molecule has 2 heteroatoms. The molecule has 0 aromatic heterocycles. The fraction of sp³-hybridized carbons (Fsp3) is 1.00. The maximum atomic E-state index is 3.38. The molecule has 0 amide bonds. The van der Waals surface area contributed by atoms with E-state index < -0.39 is 0 Å². The molecule has 2 heterocycles. The third-order valence-electron chi connectivity index (χ3n) is 4.70. The summed E-state index contributed by atoms with van der Waals surface area (Å²) < 4.78 is 0. The van der Waals surface area contributed by atoms with Crippen LogP contribution in [-0.4, -0.2) is 26.2 Å². The molecule has 4 fully saturated rings. The Morgan fingerprint density at radius 3 is 1.44 bits per heavy atom. The standard InChI is InChI=1S/2C6H11N.C2H6/c1-2-6(1)3-4-7-5-6;1-2-6(3-1)4-7-5-6;1-2/h2*7H,1-5H2;1-2H3. The van der Waals surface area contributed by atoms with E-state index in [-0.39, 0.29) is 0 Å². The number of rotatable bonds is 0. The summed E-state index contributed by atoms with van der Waals surface area (Å²) in [6.07, 6.45) is 8.94. The summed E-state index contributed by atoms with van der Waals surface area (Å²) in [7, 11) is 0. The van der Waals surface area contributed by atoms with Gasteiger partial charge in [-0.3, -0.25) is 0 Å². The van der Waals surface area contributed by atoms with Crippen molar-refractivity contribution in [3.63, 3.8) is 0 Å². The van der Waals surface area contributed by atoms with E-state index >= 15 is 0 Å². The van der Waals surface area contributed by atoms with Gasteiger partial charge in [0.05, 0.1) is 0 Å². The molecule has 2 aliphatic heterocycles. The molecule has 2 nitrogen and oxygen atoms in total. The summed E-state index contributed by atoms with van der Waals surface area (Å²) in [6, 6.07) is 0. The lowest BCUT2D eigenvalue weighted by Gasteiger charge is -2.49. The third-order valence-corrected chi connectivity index (χ3v) is 4.70. The third kappa shape index (κ3) is 2.60. The van der Waals surface area contributed by atoms with Gasteiger partial charge in [-0.2, -0.15) is 0 Å². The lowest BCUT2D eigenvalue weighted by Crippen LogP contribution is -2.57. The zero-order valence-corrected chi connectivity index (χ0v) is 11.1. The van der Waals surface area contributed by atoms with Gasteiger partial charge < -0.3 is 10.6 Å². The number of hydrogen-bond acceptors (Lipinski definition) is 2. The Morgan fingerprint density at radius 2 is 1.31 bits per heavy atom. The van der Waals surface area contributed by atoms with Crippen LogP contribution in [0, 0.1) is 10.8 Å². The van der Waals surface area contributed by atoms with Gasteiger partial charge in [-0.25, -0.2) is 0 Å². The van der Waals surface area contributed by atoms with E-state index in [4.69, 9.17) is 0 Å². The smallest absolute Gasteiger partial charge is 0.00202 e. The Hall–Kier alpha value is -0.0800. The highest BCUT2D eigenvalue weighted by atomic mass is 15.0. The fourth-order valence-electron chi connectivity index (χ4n) is 2.91. The van der Waals surface area contributed by atoms with Crippen molar-refractivity contribution in [3.05, 3.63) is 0 Å². The van der Waals surface area contributed by atoms with Crippen LogP contribution in [0.4, 0.5) is 0 Å². The van der Waals surface area contributed by atoms with Gasteiger partial charge in [0, 0.05) is 19.6 Å². The van der Waals surface area contributed by atoms with Gasteiger partial charge in [-0.1, -0.05) is 20.3 Å². The van der Waals surface area contributed by atoms with Crippen LogP contribution in [0.5, 0.6) is 0 Å². The van der Waals surface area contributed by atoms with E-state index in [1.165, 1.54) is 64.7 Å². The maximum Gasteiger partial charge on any atom is 0.00202 e. The van der Waals surface area contributed by atoms with Gasteiger partial charge in [0.1, 0.15) is 0 Å². The van der Waals surface area contributed by atoms with Crippen LogP contribution in [0.15, 0.2) is 0 Å². The Kier molecular flexibility index (Phi) is 3.91. The van der Waals surface area contributed by atoms with Crippen molar-refractivity contribution in [3.8, 4) is 0 Å². The van der Waals surface area contributed by atoms with Crippen LogP contribution in [0.1, 0.15) is 52.4 Å². The largest absolute Gasteiger partial charge is 0.316 e. The molecule has 4 aliphatic rings. The van der Waals surface area contributed by atoms with E-state index in [0.29, 0.717) is 0 Å². The molecule has 0 unspecified atom stereocenters. The second kappa shape index (κ2) is 5.05. The SMILES string of the molecule is C1CC2(C1)CNC2.C1CC2(CC2)CN1.CC. The Morgan fingerprint density at radius 1 is 0.688 bits per heavy atom. The van der Waals surface area contributed by atoms with Crippen molar-refractivity contribution < 1.29 is 0 Å². The van der Waals surface area contributed by atoms with Gasteiger partial charge in [0.25, 0.3) is 0 Å². The van der Waals surface area contributed by atoms with E-state index in [9.17, 15) is 0 Å². The van der Waals surface area contributed by atoms with Crippen LogP contribution in [0.3, 0.4) is 0 Å². The highest BCUT2D eigenvalue weighted by Crippen LogP contribution is 2.49. The Labute approximate surface area is 101 Å². The Bertz CT molecular complexity index is 189. The molecule has 2 aliphatic carbocycles. The van der Waals surface area contributed by atoms with Crippen molar-refractivity contribution in [2.24, 2.45) is 10.8 Å². The summed E-state index contributed by atoms with van der Waals surface area (Å²) >= 11 is 0. The van der Waals surface area contributed by atoms with Crippen molar-refractivity contribution >= 4 is 0 Å². The van der Waals surface area contributed by atoms with Gasteiger partial charge in [-0.15, -0.1) is 0 Å². The minimum atomic E-state index is 0.833. The quantitative estimate of drug-likeness (QED) is 0.661. The highest BCUT2D eigenvalue weighted by Gasteiger charge is 2.44. The second-order valence-corrected chi connectivity index (χ2v) is 5.88. The van der Waals surface area contributed by atoms with Crippen LogP contribution in [0.2, 0.25) is 0 Å². The molecular formula is C14H28N2. The second-order valence-electron chi connectivity index (χ2n) is 5.88. The molecule has 0 radical (unpaired) electrons. The molecule has 0 aromatic rings. The fourth-order valence-corrected chi connectivity index (χ4v) is 2.91. The first-order valence-corrected chi connectivity index (χ1v) is 7.24. The van der Waals surface area contributed by atoms with Crippen molar-refractivity contribution in [2.75, 3.05) is 26.2 Å². The zero-order chi connectivity index (χ0) is 11.5. The van der Waals surface area contributed by atoms with Crippen LogP contribution in [0.25, 0.3) is 0 Å². The minimum Gasteiger partial charge on any atom is -0.316 e. The summed E-state index contributed by atoms with van der Waals surface area (Å²) in [4.78, 5) is 0. The normalized spacial score (nSPS) is 30.4. The lowest BCUT2D eigenvalue weighted by molar-refractivity contribution is 0.0603. The Balaban J connectivity index is 0.000000105. The zero-order valence-electron chi connectivity index (χ0n) is 11.1. The highest BCUT2D eigenvalue weighted by molar-refractivity contribution is 4.99. The van der Waals surface area contributed by atoms with Crippen LogP contribution < -0.4 is 10.6 Å². The van der Waals surface area contributed by atoms with Gasteiger partial charge in [-0.05, 0) is 49.5 Å². The average Bonchev–Trinajstić information content (AvgIpc) is 2.74. The lowest BCUT2D eigenvalue weighted by atomic mass is 9.65. The van der Waals surface area contributed by atoms with Gasteiger partial charge in [0.2, 0.25) is 0 Å². The molecule has 2 spiro atoms. The number of hydrogen-bond donors (Lipinski definition) is 2. The van der Waals surface area contributed by atoms with Crippen molar-refractivity contribution in [1.82, 2.24) is 10.6 Å². The molecule has 0 aromatic carbocycles. The predicted molar refractivity (Wildman–Crippen MR) is 69.7 cm³/mol. The summed E-state index contributed by atoms with van der Waals surface area (Å²) in [5, 5.41) is 6.68. The van der Waals surface area contributed by atoms with Crippen molar-refractivity contribution in [2.45, 2.75) is 52.4 Å². The van der Waals surface area contributed by atoms with Gasteiger partial charge in [0.15, 0.2) is 0 Å². The molecule has 94 valence electrons. The first-order valence-electron chi connectivity index (χ1n) is 7.24. The summed E-state index contributed by atoms with van der Waals surface area (Å²) in [5.41, 5.74) is 1.67. The molecule has 2 saturated carbocycles. The molecule has 4 rings (SSSR count). The van der Waals surface area contributed by atoms with Gasteiger partial charge >= 0.3 is 0 Å². The molecule has 2 saturated heterocycles. The van der Waals surface area contributed by atoms with E-state index in [2.05, 4.69) is 10.6 Å².